The molecule has 1 aromatic rings. The molecule has 0 aromatic heterocycles. The van der Waals surface area contributed by atoms with Crippen LogP contribution in [0.2, 0.25) is 0 Å². The third kappa shape index (κ3) is 4.50. The lowest BCUT2D eigenvalue weighted by molar-refractivity contribution is -0.142. The molecule has 6 nitrogen and oxygen atoms in total. The molecular weight excluding hydrogens is 280 g/mol. The molecule has 0 spiro atoms. The standard InChI is InChI=1S/C13H20N2O4S/c1-4-19-13(16)9-10-15(3)11-5-7-12(8-6-11)20(17,18)14-2/h5-8,14H,4,9-10H2,1-3H3. The highest BCUT2D eigenvalue weighted by Gasteiger charge is 2.11. The molecule has 0 radical (unpaired) electrons. The van der Waals surface area contributed by atoms with E-state index in [1.165, 1.54) is 19.2 Å². The first-order valence-corrected chi connectivity index (χ1v) is 7.79. The molecule has 0 heterocycles. The van der Waals surface area contributed by atoms with Crippen molar-refractivity contribution in [2.24, 2.45) is 0 Å². The van der Waals surface area contributed by atoms with Gasteiger partial charge in [0.2, 0.25) is 10.0 Å². The van der Waals surface area contributed by atoms with E-state index in [-0.39, 0.29) is 10.9 Å². The molecule has 0 unspecified atom stereocenters. The van der Waals surface area contributed by atoms with Crippen LogP contribution in [0, 0.1) is 0 Å². The Balaban J connectivity index is 2.67. The summed E-state index contributed by atoms with van der Waals surface area (Å²) in [4.78, 5) is 13.3. The summed E-state index contributed by atoms with van der Waals surface area (Å²) in [6.07, 6.45) is 0.293. The lowest BCUT2D eigenvalue weighted by Gasteiger charge is -2.19. The van der Waals surface area contributed by atoms with E-state index in [2.05, 4.69) is 4.72 Å². The smallest absolute Gasteiger partial charge is 0.307 e. The Kier molecular flexibility index (Phi) is 5.97. The van der Waals surface area contributed by atoms with Crippen LogP contribution in [0.4, 0.5) is 5.69 Å². The molecule has 0 bridgehead atoms. The molecule has 20 heavy (non-hydrogen) atoms. The van der Waals surface area contributed by atoms with Gasteiger partial charge in [0, 0.05) is 19.3 Å². The minimum absolute atomic E-state index is 0.211. The number of carbonyl (C=O) groups excluding carboxylic acids is 1. The van der Waals surface area contributed by atoms with E-state index in [9.17, 15) is 13.2 Å². The van der Waals surface area contributed by atoms with Crippen LogP contribution in [0.1, 0.15) is 13.3 Å². The van der Waals surface area contributed by atoms with Gasteiger partial charge in [0.1, 0.15) is 0 Å². The van der Waals surface area contributed by atoms with Crippen molar-refractivity contribution in [1.29, 1.82) is 0 Å². The minimum atomic E-state index is -3.42. The molecule has 1 aromatic carbocycles. The average Bonchev–Trinajstić information content (AvgIpc) is 2.45. The Bertz CT molecular complexity index is 540. The van der Waals surface area contributed by atoms with E-state index in [4.69, 9.17) is 4.74 Å². The molecular formula is C13H20N2O4S. The van der Waals surface area contributed by atoms with Crippen LogP contribution in [0.5, 0.6) is 0 Å². The number of hydrogen-bond acceptors (Lipinski definition) is 5. The van der Waals surface area contributed by atoms with Crippen molar-refractivity contribution in [3.05, 3.63) is 24.3 Å². The predicted molar refractivity (Wildman–Crippen MR) is 77.2 cm³/mol. The number of anilines is 1. The van der Waals surface area contributed by atoms with Crippen molar-refractivity contribution >= 4 is 21.7 Å². The molecule has 112 valence electrons. The summed E-state index contributed by atoms with van der Waals surface area (Å²) in [6.45, 7) is 2.65. The summed E-state index contributed by atoms with van der Waals surface area (Å²) in [7, 11) is -0.212. The fourth-order valence-electron chi connectivity index (χ4n) is 1.62. The Morgan fingerprint density at radius 2 is 1.90 bits per heavy atom. The van der Waals surface area contributed by atoms with Crippen LogP contribution in [0.15, 0.2) is 29.2 Å². The Morgan fingerprint density at radius 1 is 1.30 bits per heavy atom. The fraction of sp³-hybridized carbons (Fsp3) is 0.462. The molecule has 1 N–H and O–H groups in total. The number of hydrogen-bond donors (Lipinski definition) is 1. The summed E-state index contributed by atoms with van der Waals surface area (Å²) in [5.74, 6) is -0.242. The van der Waals surface area contributed by atoms with Crippen molar-refractivity contribution in [2.45, 2.75) is 18.2 Å². The summed E-state index contributed by atoms with van der Waals surface area (Å²) >= 11 is 0. The number of nitrogens with one attached hydrogen (secondary N) is 1. The summed E-state index contributed by atoms with van der Waals surface area (Å²) in [5.41, 5.74) is 0.837. The Hall–Kier alpha value is -1.60. The summed E-state index contributed by atoms with van der Waals surface area (Å²) in [6, 6.07) is 6.47. The lowest BCUT2D eigenvalue weighted by atomic mass is 10.3. The second-order valence-electron chi connectivity index (χ2n) is 4.18. The van der Waals surface area contributed by atoms with E-state index < -0.39 is 10.0 Å². The zero-order valence-corrected chi connectivity index (χ0v) is 12.7. The number of carbonyl (C=O) groups is 1. The van der Waals surface area contributed by atoms with E-state index in [1.54, 1.807) is 19.1 Å². The van der Waals surface area contributed by atoms with Gasteiger partial charge in [-0.05, 0) is 38.2 Å². The quantitative estimate of drug-likeness (QED) is 0.760. The van der Waals surface area contributed by atoms with Gasteiger partial charge in [-0.3, -0.25) is 4.79 Å². The van der Waals surface area contributed by atoms with Gasteiger partial charge in [-0.25, -0.2) is 13.1 Å². The van der Waals surface area contributed by atoms with Gasteiger partial charge in [0.25, 0.3) is 0 Å². The Labute approximate surface area is 119 Å². The number of sulfonamides is 1. The highest BCUT2D eigenvalue weighted by molar-refractivity contribution is 7.89. The molecule has 0 atom stereocenters. The van der Waals surface area contributed by atoms with Crippen molar-refractivity contribution < 1.29 is 17.9 Å². The maximum absolute atomic E-state index is 11.6. The van der Waals surface area contributed by atoms with E-state index in [0.29, 0.717) is 19.6 Å². The second kappa shape index (κ2) is 7.25. The summed E-state index contributed by atoms with van der Waals surface area (Å²) in [5, 5.41) is 0. The van der Waals surface area contributed by atoms with Crippen molar-refractivity contribution in [3.8, 4) is 0 Å². The van der Waals surface area contributed by atoms with Crippen LogP contribution in [0.3, 0.4) is 0 Å². The van der Waals surface area contributed by atoms with Crippen LogP contribution in [-0.2, 0) is 19.6 Å². The number of esters is 1. The molecule has 0 saturated heterocycles. The second-order valence-corrected chi connectivity index (χ2v) is 6.06. The molecule has 0 aliphatic rings. The van der Waals surface area contributed by atoms with Gasteiger partial charge in [-0.1, -0.05) is 0 Å². The maximum Gasteiger partial charge on any atom is 0.307 e. The topological polar surface area (TPSA) is 75.7 Å². The number of benzene rings is 1. The number of ether oxygens (including phenoxy) is 1. The van der Waals surface area contributed by atoms with E-state index in [0.717, 1.165) is 5.69 Å². The molecule has 0 amide bonds. The van der Waals surface area contributed by atoms with Crippen molar-refractivity contribution in [2.75, 3.05) is 32.1 Å². The SMILES string of the molecule is CCOC(=O)CCN(C)c1ccc(S(=O)(=O)NC)cc1. The van der Waals surface area contributed by atoms with Gasteiger partial charge in [-0.15, -0.1) is 0 Å². The lowest BCUT2D eigenvalue weighted by Crippen LogP contribution is -2.22. The number of rotatable bonds is 7. The zero-order valence-electron chi connectivity index (χ0n) is 11.9. The van der Waals surface area contributed by atoms with Gasteiger partial charge in [0.15, 0.2) is 0 Å². The van der Waals surface area contributed by atoms with E-state index >= 15 is 0 Å². The highest BCUT2D eigenvalue weighted by Crippen LogP contribution is 2.17. The predicted octanol–water partition coefficient (Wildman–Crippen LogP) is 0.984. The first kappa shape index (κ1) is 16.5. The Morgan fingerprint density at radius 3 is 2.40 bits per heavy atom. The first-order valence-electron chi connectivity index (χ1n) is 6.31. The van der Waals surface area contributed by atoms with Crippen LogP contribution in [-0.4, -0.2) is 41.6 Å². The van der Waals surface area contributed by atoms with Gasteiger partial charge in [0.05, 0.1) is 17.9 Å². The van der Waals surface area contributed by atoms with Crippen molar-refractivity contribution in [3.63, 3.8) is 0 Å². The van der Waals surface area contributed by atoms with Crippen LogP contribution < -0.4 is 9.62 Å². The normalized spacial score (nSPS) is 11.2. The molecule has 0 aliphatic carbocycles. The molecule has 1 rings (SSSR count). The van der Waals surface area contributed by atoms with Crippen LogP contribution in [0.25, 0.3) is 0 Å². The number of nitrogens with zero attached hydrogens (tertiary/aromatic N) is 1. The third-order valence-corrected chi connectivity index (χ3v) is 4.24. The largest absolute Gasteiger partial charge is 0.466 e. The summed E-state index contributed by atoms with van der Waals surface area (Å²) < 4.78 is 30.3. The first-order chi connectivity index (χ1) is 9.40. The van der Waals surface area contributed by atoms with Gasteiger partial charge in [-0.2, -0.15) is 0 Å². The van der Waals surface area contributed by atoms with Gasteiger partial charge < -0.3 is 9.64 Å². The van der Waals surface area contributed by atoms with E-state index in [1.807, 2.05) is 11.9 Å². The molecule has 0 aliphatic heterocycles. The van der Waals surface area contributed by atoms with Crippen molar-refractivity contribution in [1.82, 2.24) is 4.72 Å². The third-order valence-electron chi connectivity index (χ3n) is 2.81. The molecule has 0 fully saturated rings. The average molecular weight is 300 g/mol. The minimum Gasteiger partial charge on any atom is -0.466 e. The zero-order chi connectivity index (χ0) is 15.2. The monoisotopic (exact) mass is 300 g/mol. The highest BCUT2D eigenvalue weighted by atomic mass is 32.2. The molecule has 7 heteroatoms. The van der Waals surface area contributed by atoms with Gasteiger partial charge >= 0.3 is 5.97 Å². The van der Waals surface area contributed by atoms with Crippen LogP contribution >= 0.6 is 0 Å². The fourth-order valence-corrected chi connectivity index (χ4v) is 2.35. The molecule has 0 saturated carbocycles. The maximum atomic E-state index is 11.6.